The van der Waals surface area contributed by atoms with Crippen molar-refractivity contribution in [1.82, 2.24) is 49.5 Å². The molecule has 2 aliphatic heterocycles. The van der Waals surface area contributed by atoms with Crippen molar-refractivity contribution in [2.75, 3.05) is 140 Å². The van der Waals surface area contributed by atoms with Gasteiger partial charge >= 0.3 is 30.5 Å². The lowest BCUT2D eigenvalue weighted by molar-refractivity contribution is 0.124. The van der Waals surface area contributed by atoms with E-state index in [1.54, 1.807) is 73.6 Å². The van der Waals surface area contributed by atoms with E-state index in [1.165, 1.54) is 65.2 Å². The van der Waals surface area contributed by atoms with Gasteiger partial charge in [-0.15, -0.1) is 0 Å². The minimum absolute atomic E-state index is 0.183. The Morgan fingerprint density at radius 2 is 0.783 bits per heavy atom. The number of nitrogens with one attached hydrogen (secondary N) is 5. The third kappa shape index (κ3) is 55.0. The number of para-hydroxylation sites is 1. The average molecular weight is 1810 g/mol. The maximum Gasteiger partial charge on any atom is 0.412 e. The van der Waals surface area contributed by atoms with Crippen LogP contribution < -0.4 is 26.6 Å². The molecule has 26 nitrogen and oxygen atoms in total. The highest BCUT2D eigenvalue weighted by Crippen LogP contribution is 2.23. The zero-order valence-corrected chi connectivity index (χ0v) is 85.6. The van der Waals surface area contributed by atoms with E-state index in [4.69, 9.17) is 28.2 Å². The number of anilines is 5. The molecule has 5 amide bonds. The van der Waals surface area contributed by atoms with Gasteiger partial charge in [0.2, 0.25) is 0 Å². The lowest BCUT2D eigenvalue weighted by atomic mass is 9.96. The Bertz CT molecular complexity index is 3920. The number of amides is 5. The number of rotatable bonds is 30. The van der Waals surface area contributed by atoms with E-state index >= 15 is 0 Å². The van der Waals surface area contributed by atoms with Crippen LogP contribution in [0.5, 0.6) is 0 Å². The van der Waals surface area contributed by atoms with Crippen molar-refractivity contribution in [3.63, 3.8) is 0 Å². The minimum atomic E-state index is -0.499. The molecular weight excluding hydrogens is 1630 g/mol. The largest absolute Gasteiger partial charge is 0.449 e. The Morgan fingerprint density at radius 1 is 0.403 bits per heavy atom. The third-order valence-corrected chi connectivity index (χ3v) is 24.4. The van der Waals surface area contributed by atoms with Gasteiger partial charge in [0, 0.05) is 93.9 Å². The number of pyridine rings is 3. The molecule has 129 heavy (non-hydrogen) atoms. The van der Waals surface area contributed by atoms with Gasteiger partial charge in [0.1, 0.15) is 23.2 Å². The van der Waals surface area contributed by atoms with Gasteiger partial charge in [-0.05, 0) is 202 Å². The molecule has 0 unspecified atom stereocenters. The van der Waals surface area contributed by atoms with Gasteiger partial charge in [0.15, 0.2) is 11.6 Å². The summed E-state index contributed by atoms with van der Waals surface area (Å²) in [4.78, 5) is 80.0. The first kappa shape index (κ1) is 118. The smallest absolute Gasteiger partial charge is 0.412 e. The maximum atomic E-state index is 11.7. The van der Waals surface area contributed by atoms with Crippen molar-refractivity contribution in [3.8, 4) is 0 Å². The lowest BCUT2D eigenvalue weighted by Crippen LogP contribution is -2.46. The number of aromatic nitrogens is 6. The number of aryl methyl sites for hydroxylation is 2. The van der Waals surface area contributed by atoms with E-state index < -0.39 is 30.5 Å². The summed E-state index contributed by atoms with van der Waals surface area (Å²) in [6, 6.07) is 30.6. The zero-order valence-electron chi connectivity index (χ0n) is 85.6. The minimum Gasteiger partial charge on any atom is -0.449 e. The predicted molar refractivity (Wildman–Crippen MR) is 532 cm³/mol. The second-order valence-corrected chi connectivity index (χ2v) is 38.8. The molecule has 27 heteroatoms. The molecule has 730 valence electrons. The summed E-state index contributed by atoms with van der Waals surface area (Å²) in [7, 11) is 8.41. The summed E-state index contributed by atoms with van der Waals surface area (Å²) in [6.45, 7) is 74.1. The van der Waals surface area contributed by atoms with Crippen molar-refractivity contribution in [2.24, 2.45) is 114 Å². The van der Waals surface area contributed by atoms with E-state index in [2.05, 4.69) is 259 Å². The number of hydrogen-bond donors (Lipinski definition) is 5. The molecule has 0 aliphatic carbocycles. The van der Waals surface area contributed by atoms with E-state index in [0.717, 1.165) is 63.2 Å². The van der Waals surface area contributed by atoms with Gasteiger partial charge in [0.05, 0.1) is 45.2 Å². The van der Waals surface area contributed by atoms with Crippen molar-refractivity contribution in [1.29, 1.82) is 0 Å². The van der Waals surface area contributed by atoms with Crippen molar-refractivity contribution in [2.45, 2.75) is 220 Å². The molecule has 5 N–H and O–H groups in total. The van der Waals surface area contributed by atoms with Crippen molar-refractivity contribution >= 4 is 81.2 Å². The zero-order chi connectivity index (χ0) is 97.6. The fourth-order valence-corrected chi connectivity index (χ4v) is 10.4. The highest BCUT2D eigenvalue weighted by Gasteiger charge is 2.24. The summed E-state index contributed by atoms with van der Waals surface area (Å²) in [5.41, 5.74) is 0.848. The SMILES string of the molecule is CC(C)C(C)C.CC(C)[C@@H](C)CN1CCC(N(C)C)CC1.CC(C)[C@@H](C)CN1CCN(C)CC1.CC(C)[C@H](C)CF.CC(C)[C@H](C)COC(=O)Nc1cc2ccccc2cn1.CC(C)[C@H](C)COC(=O)Nc1ccc2ccccc2n1.CC(C)[C@H](C)COC(=O)Nc1ccccn1.CC(C)[C@H](C)COC(=O)Nc1ccn(C)n1.Cc1cc(NC(=O)OC[C@@H](C)C(C)C)no1. The fourth-order valence-electron chi connectivity index (χ4n) is 10.4. The maximum absolute atomic E-state index is 11.7. The molecule has 8 atom stereocenters. The molecule has 0 bridgehead atoms. The molecule has 0 radical (unpaired) electrons. The van der Waals surface area contributed by atoms with E-state index in [0.29, 0.717) is 133 Å². The highest BCUT2D eigenvalue weighted by atomic mass is 19.1. The van der Waals surface area contributed by atoms with Crippen LogP contribution in [-0.4, -0.2) is 199 Å². The average Bonchev–Trinajstić information content (AvgIpc) is 1.81. The molecule has 2 aromatic carbocycles. The first-order chi connectivity index (χ1) is 60.6. The number of piperazine rings is 1. The molecule has 0 spiro atoms. The van der Waals surface area contributed by atoms with Gasteiger partial charge < -0.3 is 47.8 Å². The summed E-state index contributed by atoms with van der Waals surface area (Å²) < 4.78 is 43.7. The van der Waals surface area contributed by atoms with Gasteiger partial charge in [-0.3, -0.25) is 35.7 Å². The number of carbonyl (C=O) groups excluding carboxylic acids is 5. The molecule has 7 heterocycles. The Balaban J connectivity index is 0.000000738. The molecule has 7 aromatic rings. The number of piperidine rings is 1. The monoisotopic (exact) mass is 1800 g/mol. The number of likely N-dealkylation sites (N-methyl/N-ethyl adjacent to an activating group) is 1. The number of hydrogen-bond acceptors (Lipinski definition) is 20. The second kappa shape index (κ2) is 65.5. The number of alkyl halides is 1. The Hall–Kier alpha value is -9.05. The number of fused-ring (bicyclic) bond motifs is 2. The molecule has 2 aliphatic rings. The molecule has 0 saturated carbocycles. The Labute approximate surface area is 777 Å². The van der Waals surface area contributed by atoms with Crippen LogP contribution >= 0.6 is 0 Å². The normalized spacial score (nSPS) is 14.8. The predicted octanol–water partition coefficient (Wildman–Crippen LogP) is 24.5. The van der Waals surface area contributed by atoms with Crippen LogP contribution in [-0.2, 0) is 30.7 Å². The number of nitrogens with zero attached hydrogens (tertiary/aromatic N) is 10. The van der Waals surface area contributed by atoms with Crippen LogP contribution in [0.4, 0.5) is 57.5 Å². The van der Waals surface area contributed by atoms with Crippen LogP contribution in [0.1, 0.15) is 212 Å². The number of benzene rings is 2. The molecule has 2 saturated heterocycles. The summed E-state index contributed by atoms with van der Waals surface area (Å²) in [6.07, 6.45) is 5.48. The fraction of sp³-hybridized carbons (Fsp3) is 0.667. The van der Waals surface area contributed by atoms with Crippen molar-refractivity contribution in [3.05, 3.63) is 121 Å². The molecule has 9 rings (SSSR count). The Kier molecular flexibility index (Phi) is 59.9. The number of likely N-dealkylation sites (tertiary alicyclic amines) is 1. The van der Waals surface area contributed by atoms with Gasteiger partial charge in [-0.25, -0.2) is 38.9 Å². The second-order valence-electron chi connectivity index (χ2n) is 38.8. The third-order valence-electron chi connectivity index (χ3n) is 24.4. The topological polar surface area (TPSA) is 287 Å². The highest BCUT2D eigenvalue weighted by molar-refractivity contribution is 5.90. The summed E-state index contributed by atoms with van der Waals surface area (Å²) >= 11 is 0. The summed E-state index contributed by atoms with van der Waals surface area (Å²) in [5, 5.41) is 23.7. The van der Waals surface area contributed by atoms with Crippen LogP contribution in [0.25, 0.3) is 21.7 Å². The molecular formula is C102H174FN15O11. The van der Waals surface area contributed by atoms with Gasteiger partial charge in [0.25, 0.3) is 0 Å². The van der Waals surface area contributed by atoms with Crippen molar-refractivity contribution < 1.29 is 56.6 Å². The van der Waals surface area contributed by atoms with Crippen LogP contribution in [0.2, 0.25) is 0 Å². The van der Waals surface area contributed by atoms with Crippen LogP contribution in [0.3, 0.4) is 0 Å². The number of ether oxygens (including phenoxy) is 5. The number of halogens is 1. The first-order valence-electron chi connectivity index (χ1n) is 47.2. The van der Waals surface area contributed by atoms with Gasteiger partial charge in [-0.1, -0.05) is 248 Å². The first-order valence-corrected chi connectivity index (χ1v) is 47.2. The van der Waals surface area contributed by atoms with Crippen LogP contribution in [0.15, 0.2) is 120 Å². The lowest BCUT2D eigenvalue weighted by Gasteiger charge is -2.36. The Morgan fingerprint density at radius 3 is 1.15 bits per heavy atom. The number of carbonyl (C=O) groups is 5. The standard InChI is InChI=1S/2C16H20N2O2.C13H28N2.C12H18N2O2.C11H19N3O2.C11H18N2O3.C11H24N2.C6H13F.C6H14/c1-11(2)12(3)10-20-16(19)18-15-8-13-6-4-5-7-14(13)9-17-15;1-11(2)12(3)10-20-16(19)18-15-9-8-13-6-4-5-7-14(13)17-15;1-11(2)12(3)10-15-8-6-13(7-9-15)14(4)5;1-9(2)10(3)8-16-12(15)14-11-6-4-5-7-13-11;1-8(2)9(3)7-16-11(15)12-10-5-6-14(4)13-10;1-7(2)8(3)6-15-11(14)12-10-5-9(4)16-13-10;1-10(2)11(3)9-13-7-5-12(4)6-8-13;1-5(2)6(3)4-7;1-5(2)6(3)4/h2*4-9,11-12H,10H2,1-3H3,(H,17,18,19);11-13H,6-10H2,1-5H3;4-7,9-10H,8H2,1-3H3,(H,13,14,15);5-6,8-9H,7H2,1-4H3,(H,12,13,15);5,7-8H,6H2,1-4H3,(H,12,13,14);10-11H,5-9H2,1-4H3;5-6H,4H2,1-3H3;5-6H,1-4H3/t3*12-;10-;9-;8-;11-;6-;/m11011101./s1. The summed E-state index contributed by atoms with van der Waals surface area (Å²) in [5.74, 6) is 13.0. The van der Waals surface area contributed by atoms with E-state index in [1.807, 2.05) is 88.4 Å². The van der Waals surface area contributed by atoms with Crippen LogP contribution in [0, 0.1) is 113 Å². The molecule has 2 fully saturated rings. The quantitative estimate of drug-likeness (QED) is 0.0262. The van der Waals surface area contributed by atoms with E-state index in [-0.39, 0.29) is 12.6 Å². The van der Waals surface area contributed by atoms with Gasteiger partial charge in [-0.2, -0.15) is 5.10 Å². The van der Waals surface area contributed by atoms with E-state index in [9.17, 15) is 28.4 Å². The molecule has 5 aromatic heterocycles.